The average Bonchev–Trinajstić information content (AvgIpc) is 3.26. The van der Waals surface area contributed by atoms with Crippen LogP contribution in [-0.4, -0.2) is 89.3 Å². The van der Waals surface area contributed by atoms with Crippen LogP contribution >= 0.6 is 0 Å². The van der Waals surface area contributed by atoms with Crippen LogP contribution in [0.4, 0.5) is 4.79 Å². The van der Waals surface area contributed by atoms with Gasteiger partial charge in [-0.25, -0.2) is 9.59 Å². The SMILES string of the molecule is CC(=O)O[C@H]1C[C@]2(O)[C@@H]3CC[C@]4(O)C[C@@H](OC(=O)N5CCCNCC5)CC[C@]4(C)[C@H]3CC[C@]2(C)[C@H]1C1=CC(=O)OC1. The van der Waals surface area contributed by atoms with Gasteiger partial charge in [0.1, 0.15) is 18.8 Å². The van der Waals surface area contributed by atoms with Gasteiger partial charge in [0.05, 0.1) is 11.2 Å². The van der Waals surface area contributed by atoms with E-state index in [0.29, 0.717) is 58.0 Å². The lowest BCUT2D eigenvalue weighted by Crippen LogP contribution is -2.67. The molecule has 1 amide bonds. The van der Waals surface area contributed by atoms with Crippen molar-refractivity contribution in [2.75, 3.05) is 32.8 Å². The quantitative estimate of drug-likeness (QED) is 0.344. The Morgan fingerprint density at radius 1 is 1.00 bits per heavy atom. The summed E-state index contributed by atoms with van der Waals surface area (Å²) < 4.78 is 17.0. The Hall–Kier alpha value is -2.17. The van der Waals surface area contributed by atoms with Crippen molar-refractivity contribution in [1.82, 2.24) is 10.2 Å². The Bertz CT molecular complexity index is 1120. The lowest BCUT2D eigenvalue weighted by molar-refractivity contribution is -0.255. The monoisotopic (exact) mass is 574 g/mol. The lowest BCUT2D eigenvalue weighted by atomic mass is 9.42. The fraction of sp³-hybridized carbons (Fsp3) is 0.839. The molecule has 0 unspecified atom stereocenters. The molecule has 4 saturated carbocycles. The molecule has 10 nitrogen and oxygen atoms in total. The van der Waals surface area contributed by atoms with Gasteiger partial charge >= 0.3 is 18.0 Å². The number of rotatable bonds is 3. The highest BCUT2D eigenvalue weighted by Crippen LogP contribution is 2.71. The summed E-state index contributed by atoms with van der Waals surface area (Å²) in [6, 6.07) is 0. The van der Waals surface area contributed by atoms with Gasteiger partial charge in [-0.3, -0.25) is 4.79 Å². The van der Waals surface area contributed by atoms with Crippen LogP contribution in [0.15, 0.2) is 11.6 Å². The minimum atomic E-state index is -1.12. The zero-order chi connectivity index (χ0) is 29.2. The number of amides is 1. The van der Waals surface area contributed by atoms with Gasteiger partial charge in [-0.05, 0) is 74.3 Å². The van der Waals surface area contributed by atoms with Crippen molar-refractivity contribution in [2.45, 2.75) is 102 Å². The molecule has 9 atom stereocenters. The first-order valence-corrected chi connectivity index (χ1v) is 15.6. The van der Waals surface area contributed by atoms with Gasteiger partial charge in [-0.15, -0.1) is 0 Å². The summed E-state index contributed by atoms with van der Waals surface area (Å²) >= 11 is 0. The number of esters is 2. The van der Waals surface area contributed by atoms with Gasteiger partial charge in [0.2, 0.25) is 0 Å². The number of fused-ring (bicyclic) bond motifs is 5. The Morgan fingerprint density at radius 2 is 1.76 bits per heavy atom. The molecule has 41 heavy (non-hydrogen) atoms. The minimum absolute atomic E-state index is 0.0693. The second kappa shape index (κ2) is 10.2. The van der Waals surface area contributed by atoms with Crippen molar-refractivity contribution in [2.24, 2.45) is 28.6 Å². The highest BCUT2D eigenvalue weighted by atomic mass is 16.6. The number of cyclic esters (lactones) is 1. The number of ether oxygens (including phenoxy) is 3. The predicted molar refractivity (Wildman–Crippen MR) is 147 cm³/mol. The number of nitrogens with one attached hydrogen (secondary N) is 1. The van der Waals surface area contributed by atoms with Gasteiger partial charge in [0.25, 0.3) is 0 Å². The molecule has 0 aromatic rings. The third-order valence-electron chi connectivity index (χ3n) is 12.2. The third kappa shape index (κ3) is 4.50. The van der Waals surface area contributed by atoms with E-state index in [-0.39, 0.29) is 36.6 Å². The van der Waals surface area contributed by atoms with Gasteiger partial charge < -0.3 is 34.6 Å². The Labute approximate surface area is 242 Å². The van der Waals surface area contributed by atoms with Crippen LogP contribution in [0.2, 0.25) is 0 Å². The molecule has 1 saturated heterocycles. The molecule has 4 aliphatic carbocycles. The topological polar surface area (TPSA) is 135 Å². The predicted octanol–water partition coefficient (Wildman–Crippen LogP) is 2.70. The summed E-state index contributed by atoms with van der Waals surface area (Å²) in [6.07, 6.45) is 5.99. The molecule has 0 radical (unpaired) electrons. The molecule has 6 aliphatic rings. The Kier molecular flexibility index (Phi) is 7.22. The number of aliphatic hydroxyl groups is 2. The molecular formula is C31H46N2O8. The average molecular weight is 575 g/mol. The summed E-state index contributed by atoms with van der Waals surface area (Å²) in [5.74, 6) is -1.12. The fourth-order valence-electron chi connectivity index (χ4n) is 10.1. The first-order valence-electron chi connectivity index (χ1n) is 15.6. The highest BCUT2D eigenvalue weighted by Gasteiger charge is 2.72. The first kappa shape index (κ1) is 28.9. The zero-order valence-electron chi connectivity index (χ0n) is 24.7. The van der Waals surface area contributed by atoms with E-state index in [9.17, 15) is 24.6 Å². The number of nitrogens with zero attached hydrogens (tertiary/aromatic N) is 1. The van der Waals surface area contributed by atoms with Gasteiger partial charge in [0.15, 0.2) is 0 Å². The second-order valence-electron chi connectivity index (χ2n) is 14.1. The molecule has 0 spiro atoms. The molecular weight excluding hydrogens is 528 g/mol. The van der Waals surface area contributed by atoms with Crippen molar-refractivity contribution in [3.05, 3.63) is 11.6 Å². The molecule has 10 heteroatoms. The molecule has 2 heterocycles. The molecule has 6 rings (SSSR count). The normalized spacial score (nSPS) is 45.9. The summed E-state index contributed by atoms with van der Waals surface area (Å²) in [7, 11) is 0. The van der Waals surface area contributed by atoms with Crippen LogP contribution < -0.4 is 5.32 Å². The van der Waals surface area contributed by atoms with Crippen LogP contribution in [0, 0.1) is 28.6 Å². The highest BCUT2D eigenvalue weighted by molar-refractivity contribution is 5.85. The molecule has 2 aliphatic heterocycles. The fourth-order valence-corrected chi connectivity index (χ4v) is 10.1. The molecule has 0 bridgehead atoms. The van der Waals surface area contributed by atoms with Gasteiger partial charge in [0, 0.05) is 56.8 Å². The third-order valence-corrected chi connectivity index (χ3v) is 12.2. The zero-order valence-corrected chi connectivity index (χ0v) is 24.7. The Morgan fingerprint density at radius 3 is 2.49 bits per heavy atom. The first-order chi connectivity index (χ1) is 19.4. The summed E-state index contributed by atoms with van der Waals surface area (Å²) in [6.45, 7) is 8.74. The lowest BCUT2D eigenvalue weighted by Gasteiger charge is -2.66. The van der Waals surface area contributed by atoms with E-state index in [1.165, 1.54) is 13.0 Å². The van der Waals surface area contributed by atoms with E-state index in [0.717, 1.165) is 31.5 Å². The number of hydrogen-bond acceptors (Lipinski definition) is 9. The maximum absolute atomic E-state index is 13.0. The van der Waals surface area contributed by atoms with E-state index < -0.39 is 40.1 Å². The van der Waals surface area contributed by atoms with Crippen LogP contribution in [0.1, 0.15) is 78.6 Å². The van der Waals surface area contributed by atoms with E-state index in [1.54, 1.807) is 4.90 Å². The summed E-state index contributed by atoms with van der Waals surface area (Å²) in [5.41, 5.74) is -2.37. The maximum Gasteiger partial charge on any atom is 0.410 e. The number of carbonyl (C=O) groups excluding carboxylic acids is 3. The van der Waals surface area contributed by atoms with Crippen molar-refractivity contribution in [1.29, 1.82) is 0 Å². The van der Waals surface area contributed by atoms with Gasteiger partial charge in [-0.1, -0.05) is 13.8 Å². The Balaban J connectivity index is 1.23. The molecule has 3 N–H and O–H groups in total. The van der Waals surface area contributed by atoms with Crippen molar-refractivity contribution in [3.8, 4) is 0 Å². The molecule has 0 aromatic carbocycles. The summed E-state index contributed by atoms with van der Waals surface area (Å²) in [5, 5.41) is 28.2. The summed E-state index contributed by atoms with van der Waals surface area (Å²) in [4.78, 5) is 38.9. The van der Waals surface area contributed by atoms with Crippen molar-refractivity contribution >= 4 is 18.0 Å². The molecule has 228 valence electrons. The standard InChI is InChI=1S/C31H46N2O8/c1-19(34)40-24-17-31(38)23-7-10-30(37)16-21(41-27(36)33-13-4-11-32-12-14-33)5-8-28(30,2)22(23)6-9-29(31,3)26(24)20-15-25(35)39-18-20/h15,21-24,26,32,37-38H,4-14,16-18H2,1-3H3/t21-,22-,23+,24-,26-,28+,29+,30-,31-/m0/s1. The van der Waals surface area contributed by atoms with Crippen molar-refractivity contribution < 1.29 is 38.8 Å². The number of hydrogen-bond donors (Lipinski definition) is 3. The van der Waals surface area contributed by atoms with E-state index in [2.05, 4.69) is 19.2 Å². The largest absolute Gasteiger partial charge is 0.462 e. The minimum Gasteiger partial charge on any atom is -0.462 e. The smallest absolute Gasteiger partial charge is 0.410 e. The maximum atomic E-state index is 13.0. The second-order valence-corrected chi connectivity index (χ2v) is 14.1. The van der Waals surface area contributed by atoms with Crippen LogP contribution in [0.3, 0.4) is 0 Å². The van der Waals surface area contributed by atoms with E-state index in [4.69, 9.17) is 14.2 Å². The van der Waals surface area contributed by atoms with Crippen LogP contribution in [-0.2, 0) is 23.8 Å². The van der Waals surface area contributed by atoms with E-state index in [1.807, 2.05) is 0 Å². The van der Waals surface area contributed by atoms with Crippen molar-refractivity contribution in [3.63, 3.8) is 0 Å². The number of carbonyl (C=O) groups is 3. The molecule has 0 aromatic heterocycles. The molecule has 5 fully saturated rings. The van der Waals surface area contributed by atoms with Crippen LogP contribution in [0.25, 0.3) is 0 Å². The van der Waals surface area contributed by atoms with Crippen LogP contribution in [0.5, 0.6) is 0 Å². The van der Waals surface area contributed by atoms with Gasteiger partial charge in [-0.2, -0.15) is 0 Å². The van der Waals surface area contributed by atoms with E-state index >= 15 is 0 Å².